The van der Waals surface area contributed by atoms with E-state index in [1.807, 2.05) is 0 Å². The van der Waals surface area contributed by atoms with Crippen LogP contribution >= 0.6 is 12.2 Å². The van der Waals surface area contributed by atoms with Crippen molar-refractivity contribution in [2.45, 2.75) is 96.8 Å². The second kappa shape index (κ2) is 17.3. The van der Waals surface area contributed by atoms with Gasteiger partial charge in [0.25, 0.3) is 0 Å². The maximum atomic E-state index is 10.8. The zero-order valence-corrected chi connectivity index (χ0v) is 19.0. The van der Waals surface area contributed by atoms with Crippen molar-refractivity contribution in [1.29, 1.82) is 0 Å². The standard InChI is InChI=1S/C24H40N2O2S/c1-2-3-4-5-6-7-8-9-10-11-12-13-14-15-20-25-24(29)26-22-18-16-21(17-19-22)23(27)28/h16-19H,2-15,20H2,1H3,(H,27,28)(H2,25,26,29). The van der Waals surface area contributed by atoms with Gasteiger partial charge in [0.2, 0.25) is 0 Å². The smallest absolute Gasteiger partial charge is 0.335 e. The van der Waals surface area contributed by atoms with Crippen LogP contribution < -0.4 is 10.6 Å². The van der Waals surface area contributed by atoms with Gasteiger partial charge < -0.3 is 15.7 Å². The van der Waals surface area contributed by atoms with Crippen LogP contribution in [0.15, 0.2) is 24.3 Å². The summed E-state index contributed by atoms with van der Waals surface area (Å²) in [5.74, 6) is -0.921. The topological polar surface area (TPSA) is 61.4 Å². The number of aromatic carboxylic acids is 1. The summed E-state index contributed by atoms with van der Waals surface area (Å²) in [4.78, 5) is 10.8. The van der Waals surface area contributed by atoms with E-state index in [1.54, 1.807) is 24.3 Å². The number of thiocarbonyl (C=S) groups is 1. The van der Waals surface area contributed by atoms with E-state index in [9.17, 15) is 4.79 Å². The number of carboxylic acid groups (broad SMARTS) is 1. The van der Waals surface area contributed by atoms with Gasteiger partial charge in [-0.25, -0.2) is 4.79 Å². The Bertz CT molecular complexity index is 561. The molecule has 0 bridgehead atoms. The molecule has 1 rings (SSSR count). The molecule has 0 atom stereocenters. The highest BCUT2D eigenvalue weighted by Crippen LogP contribution is 2.13. The Balaban J connectivity index is 1.88. The predicted octanol–water partition coefficient (Wildman–Crippen LogP) is 7.15. The van der Waals surface area contributed by atoms with E-state index < -0.39 is 5.97 Å². The summed E-state index contributed by atoms with van der Waals surface area (Å²) in [6.45, 7) is 3.15. The second-order valence-electron chi connectivity index (χ2n) is 7.86. The quantitative estimate of drug-likeness (QED) is 0.184. The minimum Gasteiger partial charge on any atom is -0.478 e. The highest BCUT2D eigenvalue weighted by atomic mass is 32.1. The van der Waals surface area contributed by atoms with Crippen LogP contribution in [0.4, 0.5) is 5.69 Å². The first-order valence-electron chi connectivity index (χ1n) is 11.5. The largest absolute Gasteiger partial charge is 0.478 e. The maximum Gasteiger partial charge on any atom is 0.335 e. The Hall–Kier alpha value is -1.62. The molecule has 0 saturated heterocycles. The van der Waals surface area contributed by atoms with Crippen LogP contribution in [-0.2, 0) is 0 Å². The number of rotatable bonds is 17. The third kappa shape index (κ3) is 14.1. The van der Waals surface area contributed by atoms with Gasteiger partial charge in [-0.1, -0.05) is 90.4 Å². The minimum atomic E-state index is -0.921. The second-order valence-corrected chi connectivity index (χ2v) is 8.27. The van der Waals surface area contributed by atoms with E-state index in [4.69, 9.17) is 17.3 Å². The Morgan fingerprint density at radius 3 is 1.69 bits per heavy atom. The van der Waals surface area contributed by atoms with Crippen LogP contribution in [0.1, 0.15) is 107 Å². The zero-order valence-electron chi connectivity index (χ0n) is 18.2. The number of anilines is 1. The van der Waals surface area contributed by atoms with Crippen molar-refractivity contribution in [3.8, 4) is 0 Å². The number of benzene rings is 1. The van der Waals surface area contributed by atoms with Crippen molar-refractivity contribution < 1.29 is 9.90 Å². The molecule has 0 heterocycles. The Morgan fingerprint density at radius 1 is 0.793 bits per heavy atom. The summed E-state index contributed by atoms with van der Waals surface area (Å²) >= 11 is 5.28. The lowest BCUT2D eigenvalue weighted by Crippen LogP contribution is -2.29. The highest BCUT2D eigenvalue weighted by Gasteiger charge is 2.02. The van der Waals surface area contributed by atoms with E-state index in [-0.39, 0.29) is 5.56 Å². The molecular formula is C24H40N2O2S. The highest BCUT2D eigenvalue weighted by molar-refractivity contribution is 7.80. The molecule has 5 heteroatoms. The van der Waals surface area contributed by atoms with Crippen molar-refractivity contribution in [2.24, 2.45) is 0 Å². The lowest BCUT2D eigenvalue weighted by Gasteiger charge is -2.10. The molecule has 0 unspecified atom stereocenters. The van der Waals surface area contributed by atoms with Crippen LogP contribution in [0.2, 0.25) is 0 Å². The summed E-state index contributed by atoms with van der Waals surface area (Å²) in [6, 6.07) is 6.59. The molecule has 0 aliphatic heterocycles. The summed E-state index contributed by atoms with van der Waals surface area (Å²) in [5, 5.41) is 15.8. The van der Waals surface area contributed by atoms with E-state index in [1.165, 1.54) is 83.5 Å². The van der Waals surface area contributed by atoms with Gasteiger partial charge in [-0.15, -0.1) is 0 Å². The third-order valence-corrected chi connectivity index (χ3v) is 5.45. The van der Waals surface area contributed by atoms with Gasteiger partial charge in [-0.2, -0.15) is 0 Å². The molecule has 0 amide bonds. The first kappa shape index (κ1) is 25.4. The summed E-state index contributed by atoms with van der Waals surface area (Å²) in [5.41, 5.74) is 1.07. The Kier molecular flexibility index (Phi) is 15.1. The predicted molar refractivity (Wildman–Crippen MR) is 128 cm³/mol. The average Bonchev–Trinajstić information content (AvgIpc) is 2.71. The molecule has 0 aliphatic carbocycles. The fourth-order valence-corrected chi connectivity index (χ4v) is 3.61. The first-order valence-corrected chi connectivity index (χ1v) is 11.9. The van der Waals surface area contributed by atoms with Gasteiger partial charge in [0.05, 0.1) is 5.56 Å². The number of carboxylic acids is 1. The molecule has 4 nitrogen and oxygen atoms in total. The van der Waals surface area contributed by atoms with Crippen molar-refractivity contribution in [2.75, 3.05) is 11.9 Å². The molecular weight excluding hydrogens is 380 g/mol. The third-order valence-electron chi connectivity index (χ3n) is 5.21. The Morgan fingerprint density at radius 2 is 1.24 bits per heavy atom. The van der Waals surface area contributed by atoms with Crippen LogP contribution in [0.3, 0.4) is 0 Å². The van der Waals surface area contributed by atoms with Crippen LogP contribution in [0.25, 0.3) is 0 Å². The van der Waals surface area contributed by atoms with Gasteiger partial charge in [0.1, 0.15) is 0 Å². The fraction of sp³-hybridized carbons (Fsp3) is 0.667. The molecule has 1 aromatic rings. The van der Waals surface area contributed by atoms with Crippen LogP contribution in [0, 0.1) is 0 Å². The number of unbranched alkanes of at least 4 members (excludes halogenated alkanes) is 13. The van der Waals surface area contributed by atoms with Crippen LogP contribution in [0.5, 0.6) is 0 Å². The summed E-state index contributed by atoms with van der Waals surface area (Å²) in [6.07, 6.45) is 19.0. The SMILES string of the molecule is CCCCCCCCCCCCCCCCNC(=S)Nc1ccc(C(=O)O)cc1. The number of carbonyl (C=O) groups is 1. The fourth-order valence-electron chi connectivity index (χ4n) is 3.39. The number of hydrogen-bond acceptors (Lipinski definition) is 2. The lowest BCUT2D eigenvalue weighted by molar-refractivity contribution is 0.0697. The van der Waals surface area contributed by atoms with Crippen molar-refractivity contribution in [3.63, 3.8) is 0 Å². The summed E-state index contributed by atoms with van der Waals surface area (Å²) < 4.78 is 0. The monoisotopic (exact) mass is 420 g/mol. The molecule has 0 aliphatic rings. The van der Waals surface area contributed by atoms with Gasteiger partial charge in [0, 0.05) is 12.2 Å². The minimum absolute atomic E-state index is 0.275. The molecule has 0 radical (unpaired) electrons. The number of hydrogen-bond donors (Lipinski definition) is 3. The van der Waals surface area contributed by atoms with Gasteiger partial charge in [-0.3, -0.25) is 0 Å². The maximum absolute atomic E-state index is 10.8. The zero-order chi connectivity index (χ0) is 21.2. The van der Waals surface area contributed by atoms with Crippen LogP contribution in [-0.4, -0.2) is 22.7 Å². The summed E-state index contributed by atoms with van der Waals surface area (Å²) in [7, 11) is 0. The van der Waals surface area contributed by atoms with Gasteiger partial charge in [-0.05, 0) is 42.9 Å². The molecule has 0 saturated carbocycles. The average molecular weight is 421 g/mol. The Labute approximate surface area is 182 Å². The first-order chi connectivity index (χ1) is 14.1. The lowest BCUT2D eigenvalue weighted by atomic mass is 10.0. The molecule has 0 aromatic heterocycles. The van der Waals surface area contributed by atoms with E-state index in [0.29, 0.717) is 5.11 Å². The van der Waals surface area contributed by atoms with Gasteiger partial charge >= 0.3 is 5.97 Å². The molecule has 29 heavy (non-hydrogen) atoms. The van der Waals surface area contributed by atoms with Crippen molar-refractivity contribution >= 4 is 29.0 Å². The van der Waals surface area contributed by atoms with E-state index in [0.717, 1.165) is 18.7 Å². The van der Waals surface area contributed by atoms with Crippen molar-refractivity contribution in [3.05, 3.63) is 29.8 Å². The van der Waals surface area contributed by atoms with E-state index in [2.05, 4.69) is 17.6 Å². The van der Waals surface area contributed by atoms with Gasteiger partial charge in [0.15, 0.2) is 5.11 Å². The van der Waals surface area contributed by atoms with Crippen molar-refractivity contribution in [1.82, 2.24) is 5.32 Å². The molecule has 0 spiro atoms. The van der Waals surface area contributed by atoms with E-state index >= 15 is 0 Å². The number of nitrogens with one attached hydrogen (secondary N) is 2. The molecule has 164 valence electrons. The molecule has 1 aromatic carbocycles. The molecule has 3 N–H and O–H groups in total. The molecule has 0 fully saturated rings. The normalized spacial score (nSPS) is 10.7.